The minimum Gasteiger partial charge on any atom is -0.389 e. The van der Waals surface area contributed by atoms with E-state index in [0.29, 0.717) is 25.8 Å². The molecule has 1 aliphatic heterocycles. The van der Waals surface area contributed by atoms with Crippen molar-refractivity contribution in [2.45, 2.75) is 38.8 Å². The number of nitrogens with one attached hydrogen (secondary N) is 1. The van der Waals surface area contributed by atoms with Crippen LogP contribution in [-0.4, -0.2) is 61.5 Å². The molecule has 1 aliphatic rings. The van der Waals surface area contributed by atoms with Gasteiger partial charge in [0.05, 0.1) is 12.7 Å². The standard InChI is InChI=1S/C12H26N2O2/c1-3-14(8-11-6-5-7-13-11)9-12(15)10-16-4-2/h11-13,15H,3-10H2,1-2H3. The van der Waals surface area contributed by atoms with Crippen molar-refractivity contribution >= 4 is 0 Å². The third-order valence-electron chi connectivity index (χ3n) is 3.07. The van der Waals surface area contributed by atoms with Crippen molar-refractivity contribution in [2.24, 2.45) is 0 Å². The molecule has 2 N–H and O–H groups in total. The number of rotatable bonds is 8. The Morgan fingerprint density at radius 1 is 1.50 bits per heavy atom. The molecule has 0 aliphatic carbocycles. The first-order valence-electron chi connectivity index (χ1n) is 6.47. The first-order chi connectivity index (χ1) is 7.76. The zero-order valence-electron chi connectivity index (χ0n) is 10.6. The second-order valence-corrected chi connectivity index (χ2v) is 4.46. The van der Waals surface area contributed by atoms with Gasteiger partial charge < -0.3 is 15.2 Å². The van der Waals surface area contributed by atoms with Gasteiger partial charge in [0.25, 0.3) is 0 Å². The summed E-state index contributed by atoms with van der Waals surface area (Å²) in [6, 6.07) is 0.610. The molecule has 0 aromatic rings. The molecule has 16 heavy (non-hydrogen) atoms. The number of hydrogen-bond donors (Lipinski definition) is 2. The van der Waals surface area contributed by atoms with Crippen LogP contribution in [-0.2, 0) is 4.74 Å². The Balaban J connectivity index is 2.19. The van der Waals surface area contributed by atoms with Gasteiger partial charge in [-0.3, -0.25) is 4.90 Å². The minimum absolute atomic E-state index is 0.360. The molecule has 0 aromatic heterocycles. The zero-order chi connectivity index (χ0) is 11.8. The Hall–Kier alpha value is -0.160. The summed E-state index contributed by atoms with van der Waals surface area (Å²) in [4.78, 5) is 2.30. The minimum atomic E-state index is -0.360. The monoisotopic (exact) mass is 230 g/mol. The lowest BCUT2D eigenvalue weighted by Gasteiger charge is -2.26. The van der Waals surface area contributed by atoms with Gasteiger partial charge in [-0.2, -0.15) is 0 Å². The summed E-state index contributed by atoms with van der Waals surface area (Å²) >= 11 is 0. The summed E-state index contributed by atoms with van der Waals surface area (Å²) in [5.74, 6) is 0. The van der Waals surface area contributed by atoms with Gasteiger partial charge in [0.15, 0.2) is 0 Å². The highest BCUT2D eigenvalue weighted by Crippen LogP contribution is 2.07. The molecule has 1 saturated heterocycles. The third-order valence-corrected chi connectivity index (χ3v) is 3.07. The molecule has 0 radical (unpaired) electrons. The van der Waals surface area contributed by atoms with E-state index in [2.05, 4.69) is 17.1 Å². The maximum atomic E-state index is 9.77. The van der Waals surface area contributed by atoms with Gasteiger partial charge in [-0.1, -0.05) is 6.92 Å². The van der Waals surface area contributed by atoms with Crippen LogP contribution in [0.25, 0.3) is 0 Å². The van der Waals surface area contributed by atoms with Crippen LogP contribution in [0.1, 0.15) is 26.7 Å². The number of likely N-dealkylation sites (N-methyl/N-ethyl adjacent to an activating group) is 1. The second-order valence-electron chi connectivity index (χ2n) is 4.46. The third kappa shape index (κ3) is 5.25. The Morgan fingerprint density at radius 3 is 2.88 bits per heavy atom. The predicted molar refractivity (Wildman–Crippen MR) is 65.6 cm³/mol. The molecule has 4 nitrogen and oxygen atoms in total. The molecule has 0 aromatic carbocycles. The fourth-order valence-corrected chi connectivity index (χ4v) is 2.16. The molecule has 2 atom stereocenters. The van der Waals surface area contributed by atoms with Gasteiger partial charge in [0.1, 0.15) is 0 Å². The molecule has 0 amide bonds. The zero-order valence-corrected chi connectivity index (χ0v) is 10.6. The molecule has 96 valence electrons. The molecular formula is C12H26N2O2. The van der Waals surface area contributed by atoms with Crippen molar-refractivity contribution in [3.05, 3.63) is 0 Å². The van der Waals surface area contributed by atoms with Crippen LogP contribution in [0.4, 0.5) is 0 Å². The van der Waals surface area contributed by atoms with Crippen molar-refractivity contribution in [1.82, 2.24) is 10.2 Å². The Bertz CT molecular complexity index is 172. The number of aliphatic hydroxyl groups is 1. The van der Waals surface area contributed by atoms with E-state index >= 15 is 0 Å². The van der Waals surface area contributed by atoms with E-state index < -0.39 is 0 Å². The lowest BCUT2D eigenvalue weighted by atomic mass is 10.2. The fourth-order valence-electron chi connectivity index (χ4n) is 2.16. The van der Waals surface area contributed by atoms with Crippen LogP contribution >= 0.6 is 0 Å². The van der Waals surface area contributed by atoms with Crippen LogP contribution in [0.2, 0.25) is 0 Å². The van der Waals surface area contributed by atoms with Crippen molar-refractivity contribution in [2.75, 3.05) is 39.4 Å². The largest absolute Gasteiger partial charge is 0.389 e. The van der Waals surface area contributed by atoms with Crippen LogP contribution in [0.3, 0.4) is 0 Å². The van der Waals surface area contributed by atoms with Gasteiger partial charge in [-0.05, 0) is 32.9 Å². The molecule has 2 unspecified atom stereocenters. The van der Waals surface area contributed by atoms with Crippen molar-refractivity contribution < 1.29 is 9.84 Å². The van der Waals surface area contributed by atoms with Gasteiger partial charge in [-0.25, -0.2) is 0 Å². The second kappa shape index (κ2) is 8.01. The maximum Gasteiger partial charge on any atom is 0.0900 e. The lowest BCUT2D eigenvalue weighted by molar-refractivity contribution is 0.0208. The summed E-state index contributed by atoms with van der Waals surface area (Å²) < 4.78 is 5.22. The summed E-state index contributed by atoms with van der Waals surface area (Å²) in [6.07, 6.45) is 2.18. The highest BCUT2D eigenvalue weighted by molar-refractivity contribution is 4.78. The van der Waals surface area contributed by atoms with Crippen molar-refractivity contribution in [1.29, 1.82) is 0 Å². The highest BCUT2D eigenvalue weighted by atomic mass is 16.5. The first kappa shape index (κ1) is 13.9. The smallest absolute Gasteiger partial charge is 0.0900 e. The normalized spacial score (nSPS) is 22.9. The quantitative estimate of drug-likeness (QED) is 0.636. The SMILES string of the molecule is CCOCC(O)CN(CC)CC1CCCN1. The summed E-state index contributed by atoms with van der Waals surface area (Å²) in [5, 5.41) is 13.3. The predicted octanol–water partition coefficient (Wildman–Crippen LogP) is 0.458. The van der Waals surface area contributed by atoms with E-state index in [1.165, 1.54) is 12.8 Å². The number of hydrogen-bond acceptors (Lipinski definition) is 4. The van der Waals surface area contributed by atoms with E-state index in [1.54, 1.807) is 0 Å². The maximum absolute atomic E-state index is 9.77. The molecule has 1 rings (SSSR count). The number of nitrogens with zero attached hydrogens (tertiary/aromatic N) is 1. The van der Waals surface area contributed by atoms with Crippen molar-refractivity contribution in [3.8, 4) is 0 Å². The van der Waals surface area contributed by atoms with Crippen LogP contribution in [0.15, 0.2) is 0 Å². The van der Waals surface area contributed by atoms with Crippen LogP contribution in [0, 0.1) is 0 Å². The lowest BCUT2D eigenvalue weighted by Crippen LogP contribution is -2.42. The topological polar surface area (TPSA) is 44.7 Å². The summed E-state index contributed by atoms with van der Waals surface area (Å²) in [7, 11) is 0. The van der Waals surface area contributed by atoms with E-state index in [4.69, 9.17) is 4.74 Å². The summed E-state index contributed by atoms with van der Waals surface area (Å²) in [6.45, 7) is 9.10. The molecule has 1 fully saturated rings. The van der Waals surface area contributed by atoms with E-state index in [0.717, 1.165) is 19.6 Å². The molecule has 1 heterocycles. The molecule has 0 spiro atoms. The van der Waals surface area contributed by atoms with Gasteiger partial charge in [0.2, 0.25) is 0 Å². The number of aliphatic hydroxyl groups excluding tert-OH is 1. The average Bonchev–Trinajstić information content (AvgIpc) is 2.78. The number of ether oxygens (including phenoxy) is 1. The molecule has 4 heteroatoms. The molecular weight excluding hydrogens is 204 g/mol. The average molecular weight is 230 g/mol. The molecule has 0 bridgehead atoms. The van der Waals surface area contributed by atoms with Gasteiger partial charge in [-0.15, -0.1) is 0 Å². The fraction of sp³-hybridized carbons (Fsp3) is 1.00. The van der Waals surface area contributed by atoms with Crippen LogP contribution < -0.4 is 5.32 Å². The van der Waals surface area contributed by atoms with Crippen molar-refractivity contribution in [3.63, 3.8) is 0 Å². The highest BCUT2D eigenvalue weighted by Gasteiger charge is 2.18. The molecule has 0 saturated carbocycles. The Labute approximate surface area is 99.0 Å². The Kier molecular flexibility index (Phi) is 6.96. The van der Waals surface area contributed by atoms with Gasteiger partial charge in [0, 0.05) is 25.7 Å². The van der Waals surface area contributed by atoms with E-state index in [1.807, 2.05) is 6.92 Å². The summed E-state index contributed by atoms with van der Waals surface area (Å²) in [5.41, 5.74) is 0. The van der Waals surface area contributed by atoms with Crippen LogP contribution in [0.5, 0.6) is 0 Å². The van der Waals surface area contributed by atoms with E-state index in [9.17, 15) is 5.11 Å². The van der Waals surface area contributed by atoms with Gasteiger partial charge >= 0.3 is 0 Å². The first-order valence-corrected chi connectivity index (χ1v) is 6.47. The Morgan fingerprint density at radius 2 is 2.31 bits per heavy atom. The van der Waals surface area contributed by atoms with E-state index in [-0.39, 0.29) is 6.10 Å².